The molecule has 0 saturated heterocycles. The summed E-state index contributed by atoms with van der Waals surface area (Å²) in [6.45, 7) is 0. The molecule has 0 bridgehead atoms. The average Bonchev–Trinajstić information content (AvgIpc) is 3.07. The Morgan fingerprint density at radius 3 is 2.77 bits per heavy atom. The molecule has 0 fully saturated rings. The molecular formula is C15H14N2O4S. The first kappa shape index (κ1) is 14.5. The Kier molecular flexibility index (Phi) is 3.58. The van der Waals surface area contributed by atoms with Gasteiger partial charge in [0.15, 0.2) is 5.78 Å². The minimum Gasteiger partial charge on any atom is -0.494 e. The topological polar surface area (TPSA) is 81.4 Å². The number of carboxylic acids is 1. The number of aliphatic carboxylic acids is 1. The molecule has 3 aromatic rings. The number of aryl methyl sites for hydroxylation is 1. The number of carboxylic acid groups (broad SMARTS) is 1. The molecule has 1 aromatic carbocycles. The molecule has 7 heteroatoms. The van der Waals surface area contributed by atoms with Crippen molar-refractivity contribution in [1.82, 2.24) is 9.78 Å². The van der Waals surface area contributed by atoms with E-state index in [2.05, 4.69) is 5.10 Å². The van der Waals surface area contributed by atoms with Gasteiger partial charge in [-0.25, -0.2) is 0 Å². The minimum absolute atomic E-state index is 0.00940. The molecule has 3 rings (SSSR count). The van der Waals surface area contributed by atoms with E-state index >= 15 is 0 Å². The van der Waals surface area contributed by atoms with Crippen LogP contribution in [0.4, 0.5) is 0 Å². The third-order valence-corrected chi connectivity index (χ3v) is 4.67. The van der Waals surface area contributed by atoms with Crippen LogP contribution in [-0.4, -0.2) is 33.7 Å². The number of benzene rings is 1. The second-order valence-corrected chi connectivity index (χ2v) is 6.03. The van der Waals surface area contributed by atoms with Crippen LogP contribution in [0.25, 0.3) is 21.0 Å². The number of aromatic nitrogens is 2. The van der Waals surface area contributed by atoms with Gasteiger partial charge >= 0.3 is 5.97 Å². The summed E-state index contributed by atoms with van der Waals surface area (Å²) >= 11 is 1.35. The maximum Gasteiger partial charge on any atom is 0.303 e. The highest BCUT2D eigenvalue weighted by molar-refractivity contribution is 7.21. The zero-order valence-corrected chi connectivity index (χ0v) is 12.9. The Labute approximate surface area is 129 Å². The number of ketones is 1. The van der Waals surface area contributed by atoms with Crippen LogP contribution in [0.1, 0.15) is 22.5 Å². The van der Waals surface area contributed by atoms with Gasteiger partial charge in [0.05, 0.1) is 24.6 Å². The molecule has 22 heavy (non-hydrogen) atoms. The maximum atomic E-state index is 12.1. The van der Waals surface area contributed by atoms with E-state index < -0.39 is 5.97 Å². The largest absolute Gasteiger partial charge is 0.494 e. The lowest BCUT2D eigenvalue weighted by molar-refractivity contribution is -0.136. The standard InChI is InChI=1S/C15H14N2O4S/c1-17-15-9(7-16-17)8-5-13(10(18)3-4-14(19)20)22-12(8)6-11(15)21-2/h5-7H,3-4H2,1-2H3,(H,19,20). The highest BCUT2D eigenvalue weighted by Crippen LogP contribution is 2.37. The van der Waals surface area contributed by atoms with Gasteiger partial charge in [-0.15, -0.1) is 11.3 Å². The van der Waals surface area contributed by atoms with Gasteiger partial charge in [0.25, 0.3) is 0 Å². The van der Waals surface area contributed by atoms with E-state index in [1.165, 1.54) is 11.3 Å². The van der Waals surface area contributed by atoms with Crippen molar-refractivity contribution in [1.29, 1.82) is 0 Å². The number of Topliss-reactive ketones (excluding diaryl/α,β-unsaturated/α-hetero) is 1. The van der Waals surface area contributed by atoms with E-state index in [0.717, 1.165) is 21.0 Å². The number of nitrogens with zero attached hydrogens (tertiary/aromatic N) is 2. The van der Waals surface area contributed by atoms with Gasteiger partial charge < -0.3 is 9.84 Å². The first-order valence-electron chi connectivity index (χ1n) is 6.68. The summed E-state index contributed by atoms with van der Waals surface area (Å²) in [7, 11) is 3.43. The van der Waals surface area contributed by atoms with E-state index in [-0.39, 0.29) is 18.6 Å². The summed E-state index contributed by atoms with van der Waals surface area (Å²) in [4.78, 5) is 23.3. The Morgan fingerprint density at radius 2 is 2.09 bits per heavy atom. The maximum absolute atomic E-state index is 12.1. The van der Waals surface area contributed by atoms with Gasteiger partial charge in [0, 0.05) is 35.0 Å². The average molecular weight is 318 g/mol. The fraction of sp³-hybridized carbons (Fsp3) is 0.267. The molecular weight excluding hydrogens is 304 g/mol. The second kappa shape index (κ2) is 5.42. The van der Waals surface area contributed by atoms with Crippen molar-refractivity contribution < 1.29 is 19.4 Å². The van der Waals surface area contributed by atoms with Crippen molar-refractivity contribution in [3.05, 3.63) is 23.2 Å². The molecule has 114 valence electrons. The van der Waals surface area contributed by atoms with Crippen molar-refractivity contribution in [2.24, 2.45) is 7.05 Å². The lowest BCUT2D eigenvalue weighted by Gasteiger charge is -2.04. The van der Waals surface area contributed by atoms with Gasteiger partial charge in [-0.2, -0.15) is 5.10 Å². The van der Waals surface area contributed by atoms with Gasteiger partial charge in [-0.1, -0.05) is 0 Å². The molecule has 2 heterocycles. The Morgan fingerprint density at radius 1 is 1.32 bits per heavy atom. The summed E-state index contributed by atoms with van der Waals surface area (Å²) in [6, 6.07) is 3.70. The fourth-order valence-corrected chi connectivity index (χ4v) is 3.55. The fourth-order valence-electron chi connectivity index (χ4n) is 2.47. The Balaban J connectivity index is 2.11. The first-order valence-corrected chi connectivity index (χ1v) is 7.50. The number of thiophene rings is 1. The SMILES string of the molecule is COc1cc2sc(C(=O)CCC(=O)O)cc2c2cnn(C)c12. The zero-order valence-electron chi connectivity index (χ0n) is 12.1. The summed E-state index contributed by atoms with van der Waals surface area (Å²) in [5.41, 5.74) is 0.873. The normalized spacial score (nSPS) is 11.2. The van der Waals surface area contributed by atoms with Crippen molar-refractivity contribution >= 4 is 44.1 Å². The van der Waals surface area contributed by atoms with Crippen molar-refractivity contribution in [3.8, 4) is 5.75 Å². The van der Waals surface area contributed by atoms with Gasteiger partial charge in [0.1, 0.15) is 11.3 Å². The number of carbonyl (C=O) groups is 2. The highest BCUT2D eigenvalue weighted by Gasteiger charge is 2.17. The second-order valence-electron chi connectivity index (χ2n) is 4.95. The molecule has 0 amide bonds. The summed E-state index contributed by atoms with van der Waals surface area (Å²) in [5, 5.41) is 14.8. The molecule has 2 aromatic heterocycles. The van der Waals surface area contributed by atoms with E-state index in [0.29, 0.717) is 10.6 Å². The van der Waals surface area contributed by atoms with Crippen LogP contribution in [0.5, 0.6) is 5.75 Å². The molecule has 0 aliphatic heterocycles. The van der Waals surface area contributed by atoms with Crippen LogP contribution in [0.3, 0.4) is 0 Å². The number of fused-ring (bicyclic) bond motifs is 3. The van der Waals surface area contributed by atoms with Gasteiger partial charge in [-0.3, -0.25) is 14.3 Å². The van der Waals surface area contributed by atoms with E-state index in [1.807, 2.05) is 19.2 Å². The molecule has 0 saturated carbocycles. The van der Waals surface area contributed by atoms with Crippen LogP contribution < -0.4 is 4.74 Å². The highest BCUT2D eigenvalue weighted by atomic mass is 32.1. The van der Waals surface area contributed by atoms with Crippen LogP contribution in [0.15, 0.2) is 18.3 Å². The van der Waals surface area contributed by atoms with Gasteiger partial charge in [0.2, 0.25) is 0 Å². The van der Waals surface area contributed by atoms with Crippen LogP contribution in [0, 0.1) is 0 Å². The Hall–Kier alpha value is -2.41. The molecule has 0 atom stereocenters. The number of rotatable bonds is 5. The quantitative estimate of drug-likeness (QED) is 0.732. The van der Waals surface area contributed by atoms with E-state index in [9.17, 15) is 9.59 Å². The van der Waals surface area contributed by atoms with Crippen LogP contribution >= 0.6 is 11.3 Å². The molecule has 0 aliphatic rings. The number of hydrogen-bond acceptors (Lipinski definition) is 5. The smallest absolute Gasteiger partial charge is 0.303 e. The molecule has 0 radical (unpaired) electrons. The third kappa shape index (κ3) is 2.33. The van der Waals surface area contributed by atoms with E-state index in [4.69, 9.17) is 9.84 Å². The monoisotopic (exact) mass is 318 g/mol. The van der Waals surface area contributed by atoms with Crippen LogP contribution in [0.2, 0.25) is 0 Å². The lowest BCUT2D eigenvalue weighted by atomic mass is 10.1. The molecule has 0 aliphatic carbocycles. The molecule has 0 unspecified atom stereocenters. The van der Waals surface area contributed by atoms with Crippen molar-refractivity contribution in [2.45, 2.75) is 12.8 Å². The van der Waals surface area contributed by atoms with Crippen molar-refractivity contribution in [2.75, 3.05) is 7.11 Å². The van der Waals surface area contributed by atoms with Crippen molar-refractivity contribution in [3.63, 3.8) is 0 Å². The number of hydrogen-bond donors (Lipinski definition) is 1. The summed E-state index contributed by atoms with van der Waals surface area (Å²) in [6.07, 6.45) is 1.60. The van der Waals surface area contributed by atoms with E-state index in [1.54, 1.807) is 18.0 Å². The summed E-state index contributed by atoms with van der Waals surface area (Å²) < 4.78 is 8.07. The van der Waals surface area contributed by atoms with Crippen LogP contribution in [-0.2, 0) is 11.8 Å². The third-order valence-electron chi connectivity index (χ3n) is 3.55. The lowest BCUT2D eigenvalue weighted by Crippen LogP contribution is -2.01. The molecule has 0 spiro atoms. The molecule has 1 N–H and O–H groups in total. The predicted octanol–water partition coefficient (Wildman–Crippen LogP) is 2.84. The predicted molar refractivity (Wildman–Crippen MR) is 83.8 cm³/mol. The minimum atomic E-state index is -0.967. The number of methoxy groups -OCH3 is 1. The number of ether oxygens (including phenoxy) is 1. The zero-order chi connectivity index (χ0) is 15.9. The molecule has 6 nitrogen and oxygen atoms in total. The Bertz CT molecular complexity index is 894. The first-order chi connectivity index (χ1) is 10.5. The number of carbonyl (C=O) groups excluding carboxylic acids is 1. The van der Waals surface area contributed by atoms with Gasteiger partial charge in [-0.05, 0) is 6.07 Å². The summed E-state index contributed by atoms with van der Waals surface area (Å²) in [5.74, 6) is -0.417.